The van der Waals surface area contributed by atoms with Crippen molar-refractivity contribution >= 4 is 28.5 Å². The molecule has 3 rings (SSSR count). The van der Waals surface area contributed by atoms with Crippen LogP contribution >= 0.6 is 11.6 Å². The first-order valence-electron chi connectivity index (χ1n) is 8.77. The predicted molar refractivity (Wildman–Crippen MR) is 106 cm³/mol. The number of benzene rings is 2. The molecular weight excluding hydrogens is 366 g/mol. The standard InChI is InChI=1S/C20H20ClN3O3/c1-3-15(12-5-8-14(21)9-6-12)22-18(25)13-7-10-17-16(11-13)23-19(26)20(27)24(17)4-2/h5-11,15H,3-4H2,1-2H3,(H,22,25)(H,23,26)/t15-/m0/s1. The van der Waals surface area contributed by atoms with Gasteiger partial charge in [0.1, 0.15) is 0 Å². The number of rotatable bonds is 5. The van der Waals surface area contributed by atoms with E-state index < -0.39 is 11.1 Å². The highest BCUT2D eigenvalue weighted by Crippen LogP contribution is 2.20. The Morgan fingerprint density at radius 1 is 1.15 bits per heavy atom. The summed E-state index contributed by atoms with van der Waals surface area (Å²) in [4.78, 5) is 39.0. The van der Waals surface area contributed by atoms with Crippen molar-refractivity contribution in [2.45, 2.75) is 32.9 Å². The molecule has 27 heavy (non-hydrogen) atoms. The second kappa shape index (κ2) is 7.80. The van der Waals surface area contributed by atoms with Crippen molar-refractivity contribution < 1.29 is 4.79 Å². The number of hydrogen-bond donors (Lipinski definition) is 2. The third-order valence-electron chi connectivity index (χ3n) is 4.54. The number of aryl methyl sites for hydroxylation is 1. The summed E-state index contributed by atoms with van der Waals surface area (Å²) in [5, 5.41) is 3.63. The van der Waals surface area contributed by atoms with Crippen molar-refractivity contribution in [1.29, 1.82) is 0 Å². The van der Waals surface area contributed by atoms with Crippen molar-refractivity contribution in [3.8, 4) is 0 Å². The molecule has 6 nitrogen and oxygen atoms in total. The summed E-state index contributed by atoms with van der Waals surface area (Å²) in [6.45, 7) is 4.15. The zero-order valence-corrected chi connectivity index (χ0v) is 15.8. The number of carbonyl (C=O) groups excluding carboxylic acids is 1. The summed E-state index contributed by atoms with van der Waals surface area (Å²) in [5.74, 6) is -0.256. The molecule has 1 aromatic heterocycles. The van der Waals surface area contributed by atoms with Crippen LogP contribution in [0.1, 0.15) is 42.2 Å². The average molecular weight is 386 g/mol. The van der Waals surface area contributed by atoms with Gasteiger partial charge in [-0.3, -0.25) is 14.4 Å². The molecule has 2 aromatic carbocycles. The number of carbonyl (C=O) groups is 1. The third-order valence-corrected chi connectivity index (χ3v) is 4.79. The largest absolute Gasteiger partial charge is 0.345 e. The minimum absolute atomic E-state index is 0.158. The second-order valence-corrected chi connectivity index (χ2v) is 6.66. The Kier molecular flexibility index (Phi) is 5.46. The van der Waals surface area contributed by atoms with Crippen molar-refractivity contribution in [2.24, 2.45) is 0 Å². The van der Waals surface area contributed by atoms with Crippen LogP contribution in [-0.2, 0) is 6.54 Å². The molecule has 7 heteroatoms. The van der Waals surface area contributed by atoms with Crippen molar-refractivity contribution in [2.75, 3.05) is 0 Å². The van der Waals surface area contributed by atoms with Gasteiger partial charge in [-0.2, -0.15) is 0 Å². The molecule has 0 saturated heterocycles. The number of amides is 1. The van der Waals surface area contributed by atoms with E-state index in [1.54, 1.807) is 37.3 Å². The smallest absolute Gasteiger partial charge is 0.316 e. The van der Waals surface area contributed by atoms with Gasteiger partial charge in [-0.05, 0) is 49.2 Å². The predicted octanol–water partition coefficient (Wildman–Crippen LogP) is 3.24. The number of aromatic amines is 1. The summed E-state index contributed by atoms with van der Waals surface area (Å²) in [6, 6.07) is 12.1. The van der Waals surface area contributed by atoms with E-state index in [1.807, 2.05) is 19.1 Å². The second-order valence-electron chi connectivity index (χ2n) is 6.22. The van der Waals surface area contributed by atoms with E-state index in [0.29, 0.717) is 34.6 Å². The molecule has 0 unspecified atom stereocenters. The number of halogens is 1. The Bertz CT molecular complexity index is 1100. The van der Waals surface area contributed by atoms with Crippen LogP contribution < -0.4 is 16.4 Å². The maximum atomic E-state index is 12.7. The number of H-pyrrole nitrogens is 1. The Morgan fingerprint density at radius 3 is 2.48 bits per heavy atom. The molecule has 0 bridgehead atoms. The molecule has 0 radical (unpaired) electrons. The Morgan fingerprint density at radius 2 is 1.85 bits per heavy atom. The fourth-order valence-corrected chi connectivity index (χ4v) is 3.22. The minimum Gasteiger partial charge on any atom is -0.345 e. The highest BCUT2D eigenvalue weighted by atomic mass is 35.5. The maximum Gasteiger partial charge on any atom is 0.316 e. The molecule has 3 aromatic rings. The zero-order chi connectivity index (χ0) is 19.6. The molecule has 1 heterocycles. The van der Waals surface area contributed by atoms with E-state index in [9.17, 15) is 14.4 Å². The molecule has 0 aliphatic heterocycles. The van der Waals surface area contributed by atoms with Gasteiger partial charge < -0.3 is 14.9 Å². The van der Waals surface area contributed by atoms with Crippen molar-refractivity contribution in [3.05, 3.63) is 79.3 Å². The molecule has 0 aliphatic rings. The Hall–Kier alpha value is -2.86. The number of nitrogens with one attached hydrogen (secondary N) is 2. The van der Waals surface area contributed by atoms with Gasteiger partial charge in [-0.15, -0.1) is 0 Å². The summed E-state index contributed by atoms with van der Waals surface area (Å²) in [5.41, 5.74) is 1.11. The molecule has 0 saturated carbocycles. The van der Waals surface area contributed by atoms with Crippen molar-refractivity contribution in [1.82, 2.24) is 14.9 Å². The van der Waals surface area contributed by atoms with Gasteiger partial charge in [0.15, 0.2) is 0 Å². The minimum atomic E-state index is -0.700. The fraction of sp³-hybridized carbons (Fsp3) is 0.250. The van der Waals surface area contributed by atoms with E-state index in [2.05, 4.69) is 10.3 Å². The first-order chi connectivity index (χ1) is 12.9. The summed E-state index contributed by atoms with van der Waals surface area (Å²) < 4.78 is 1.39. The van der Waals surface area contributed by atoms with E-state index in [-0.39, 0.29) is 11.9 Å². The van der Waals surface area contributed by atoms with Gasteiger partial charge in [-0.25, -0.2) is 0 Å². The number of aromatic nitrogens is 2. The van der Waals surface area contributed by atoms with Crippen LogP contribution in [0.25, 0.3) is 11.0 Å². The van der Waals surface area contributed by atoms with Gasteiger partial charge in [0.25, 0.3) is 5.91 Å². The lowest BCUT2D eigenvalue weighted by Crippen LogP contribution is -2.36. The highest BCUT2D eigenvalue weighted by Gasteiger charge is 2.15. The molecule has 1 amide bonds. The molecule has 140 valence electrons. The lowest BCUT2D eigenvalue weighted by molar-refractivity contribution is 0.0935. The number of hydrogen-bond acceptors (Lipinski definition) is 3. The Labute approximate surface area is 160 Å². The highest BCUT2D eigenvalue weighted by molar-refractivity contribution is 6.30. The van der Waals surface area contributed by atoms with Crippen LogP contribution in [0, 0.1) is 0 Å². The normalized spacial score (nSPS) is 12.1. The van der Waals surface area contributed by atoms with Crippen molar-refractivity contribution in [3.63, 3.8) is 0 Å². The zero-order valence-electron chi connectivity index (χ0n) is 15.1. The van der Waals surface area contributed by atoms with Gasteiger partial charge in [0.2, 0.25) is 0 Å². The van der Waals surface area contributed by atoms with Gasteiger partial charge in [0.05, 0.1) is 17.1 Å². The lowest BCUT2D eigenvalue weighted by atomic mass is 10.0. The van der Waals surface area contributed by atoms with Crippen LogP contribution in [0.2, 0.25) is 5.02 Å². The van der Waals surface area contributed by atoms with Gasteiger partial charge >= 0.3 is 11.1 Å². The lowest BCUT2D eigenvalue weighted by Gasteiger charge is -2.18. The molecule has 0 spiro atoms. The van der Waals surface area contributed by atoms with Crippen LogP contribution in [0.4, 0.5) is 0 Å². The molecule has 0 fully saturated rings. The van der Waals surface area contributed by atoms with Gasteiger partial charge in [-0.1, -0.05) is 30.7 Å². The number of fused-ring (bicyclic) bond motifs is 1. The van der Waals surface area contributed by atoms with E-state index in [4.69, 9.17) is 11.6 Å². The van der Waals surface area contributed by atoms with E-state index in [0.717, 1.165) is 5.56 Å². The number of nitrogens with zero attached hydrogens (tertiary/aromatic N) is 1. The Balaban J connectivity index is 1.93. The molecular formula is C20H20ClN3O3. The monoisotopic (exact) mass is 385 g/mol. The van der Waals surface area contributed by atoms with Crippen LogP contribution in [-0.4, -0.2) is 15.5 Å². The maximum absolute atomic E-state index is 12.7. The molecule has 2 N–H and O–H groups in total. The van der Waals surface area contributed by atoms with Crippen LogP contribution in [0.5, 0.6) is 0 Å². The fourth-order valence-electron chi connectivity index (χ4n) is 3.09. The third kappa shape index (κ3) is 3.80. The summed E-state index contributed by atoms with van der Waals surface area (Å²) >= 11 is 5.92. The SMILES string of the molecule is CC[C@H](NC(=O)c1ccc2c(c1)[nH]c(=O)c(=O)n2CC)c1ccc(Cl)cc1. The van der Waals surface area contributed by atoms with Gasteiger partial charge in [0, 0.05) is 17.1 Å². The van der Waals surface area contributed by atoms with Crippen LogP contribution in [0.3, 0.4) is 0 Å². The first kappa shape index (κ1) is 18.9. The van der Waals surface area contributed by atoms with E-state index in [1.165, 1.54) is 4.57 Å². The first-order valence-corrected chi connectivity index (χ1v) is 9.15. The quantitative estimate of drug-likeness (QED) is 0.661. The topological polar surface area (TPSA) is 84.0 Å². The summed E-state index contributed by atoms with van der Waals surface area (Å²) in [6.07, 6.45) is 0.715. The summed E-state index contributed by atoms with van der Waals surface area (Å²) in [7, 11) is 0. The van der Waals surface area contributed by atoms with E-state index >= 15 is 0 Å². The molecule has 0 aliphatic carbocycles. The average Bonchev–Trinajstić information content (AvgIpc) is 2.67. The molecule has 1 atom stereocenters. The van der Waals surface area contributed by atoms with Crippen LogP contribution in [0.15, 0.2) is 52.1 Å².